The molecule has 0 aliphatic heterocycles. The van der Waals surface area contributed by atoms with E-state index in [0.717, 1.165) is 6.07 Å². The molecule has 1 N–H and O–H groups in total. The SMILES string of the molecule is CNC(Cc1cccc(F)c1F)c1ccc(C(=O)OC)o1. The van der Waals surface area contributed by atoms with Crippen molar-refractivity contribution in [1.29, 1.82) is 0 Å². The third-order valence-electron chi connectivity index (χ3n) is 3.16. The number of hydrogen-bond donors (Lipinski definition) is 1. The van der Waals surface area contributed by atoms with Gasteiger partial charge in [-0.1, -0.05) is 12.1 Å². The molecule has 2 rings (SSSR count). The van der Waals surface area contributed by atoms with Crippen LogP contribution < -0.4 is 5.32 Å². The Morgan fingerprint density at radius 2 is 2.10 bits per heavy atom. The van der Waals surface area contributed by atoms with Crippen LogP contribution in [0.2, 0.25) is 0 Å². The molecule has 0 saturated carbocycles. The number of nitrogens with one attached hydrogen (secondary N) is 1. The van der Waals surface area contributed by atoms with E-state index in [1.807, 2.05) is 0 Å². The molecule has 1 aromatic heterocycles. The lowest BCUT2D eigenvalue weighted by Crippen LogP contribution is -2.19. The van der Waals surface area contributed by atoms with Crippen molar-refractivity contribution >= 4 is 5.97 Å². The normalized spacial score (nSPS) is 12.2. The summed E-state index contributed by atoms with van der Waals surface area (Å²) in [6.45, 7) is 0. The Labute approximate surface area is 120 Å². The molecular weight excluding hydrogens is 280 g/mol. The molecule has 4 nitrogen and oxygen atoms in total. The summed E-state index contributed by atoms with van der Waals surface area (Å²) in [6, 6.07) is 6.71. The van der Waals surface area contributed by atoms with E-state index in [-0.39, 0.29) is 23.8 Å². The van der Waals surface area contributed by atoms with Crippen molar-refractivity contribution in [2.75, 3.05) is 14.2 Å². The monoisotopic (exact) mass is 295 g/mol. The van der Waals surface area contributed by atoms with E-state index in [2.05, 4.69) is 10.1 Å². The van der Waals surface area contributed by atoms with E-state index < -0.39 is 17.6 Å². The van der Waals surface area contributed by atoms with Crippen LogP contribution in [0.5, 0.6) is 0 Å². The number of carbonyl (C=O) groups excluding carboxylic acids is 1. The Bertz CT molecular complexity index is 640. The van der Waals surface area contributed by atoms with Crippen LogP contribution in [0.3, 0.4) is 0 Å². The largest absolute Gasteiger partial charge is 0.463 e. The van der Waals surface area contributed by atoms with Crippen LogP contribution in [0, 0.1) is 11.6 Å². The van der Waals surface area contributed by atoms with Crippen LogP contribution in [0.25, 0.3) is 0 Å². The van der Waals surface area contributed by atoms with Gasteiger partial charge in [-0.05, 0) is 37.2 Å². The standard InChI is InChI=1S/C15H15F2NO3/c1-18-11(8-9-4-3-5-10(16)14(9)17)12-6-7-13(21-12)15(19)20-2/h3-7,11,18H,8H2,1-2H3. The fourth-order valence-electron chi connectivity index (χ4n) is 2.02. The summed E-state index contributed by atoms with van der Waals surface area (Å²) in [5.74, 6) is -1.85. The molecule has 1 heterocycles. The number of carbonyl (C=O) groups is 1. The maximum Gasteiger partial charge on any atom is 0.373 e. The van der Waals surface area contributed by atoms with Gasteiger partial charge < -0.3 is 14.5 Å². The van der Waals surface area contributed by atoms with Gasteiger partial charge in [0.2, 0.25) is 5.76 Å². The van der Waals surface area contributed by atoms with E-state index in [9.17, 15) is 13.6 Å². The smallest absolute Gasteiger partial charge is 0.373 e. The van der Waals surface area contributed by atoms with Crippen molar-refractivity contribution in [1.82, 2.24) is 5.32 Å². The predicted molar refractivity (Wildman–Crippen MR) is 71.9 cm³/mol. The minimum atomic E-state index is -0.892. The topological polar surface area (TPSA) is 51.5 Å². The molecular formula is C15H15F2NO3. The molecule has 0 fully saturated rings. The van der Waals surface area contributed by atoms with Gasteiger partial charge in [-0.2, -0.15) is 0 Å². The van der Waals surface area contributed by atoms with Gasteiger partial charge in [0.15, 0.2) is 11.6 Å². The van der Waals surface area contributed by atoms with Crippen molar-refractivity contribution in [2.24, 2.45) is 0 Å². The molecule has 2 aromatic rings. The number of benzene rings is 1. The zero-order chi connectivity index (χ0) is 15.4. The Kier molecular flexibility index (Phi) is 4.70. The number of furan rings is 1. The van der Waals surface area contributed by atoms with E-state index >= 15 is 0 Å². The van der Waals surface area contributed by atoms with Crippen LogP contribution in [-0.2, 0) is 11.2 Å². The molecule has 0 aliphatic rings. The minimum Gasteiger partial charge on any atom is -0.463 e. The Balaban J connectivity index is 2.22. The summed E-state index contributed by atoms with van der Waals surface area (Å²) in [5, 5.41) is 2.95. The molecule has 1 unspecified atom stereocenters. The highest BCUT2D eigenvalue weighted by Crippen LogP contribution is 2.23. The van der Waals surface area contributed by atoms with E-state index in [1.165, 1.54) is 25.3 Å². The summed E-state index contributed by atoms with van der Waals surface area (Å²) >= 11 is 0. The molecule has 0 bridgehead atoms. The molecule has 1 atom stereocenters. The number of ether oxygens (including phenoxy) is 1. The first-order valence-electron chi connectivity index (χ1n) is 6.35. The van der Waals surface area contributed by atoms with E-state index in [1.54, 1.807) is 13.1 Å². The van der Waals surface area contributed by atoms with Gasteiger partial charge >= 0.3 is 5.97 Å². The highest BCUT2D eigenvalue weighted by molar-refractivity contribution is 5.86. The second-order valence-corrected chi connectivity index (χ2v) is 4.45. The average Bonchev–Trinajstić information content (AvgIpc) is 2.97. The van der Waals surface area contributed by atoms with Crippen molar-refractivity contribution in [2.45, 2.75) is 12.5 Å². The second kappa shape index (κ2) is 6.49. The van der Waals surface area contributed by atoms with Crippen LogP contribution in [0.1, 0.15) is 27.9 Å². The second-order valence-electron chi connectivity index (χ2n) is 4.45. The van der Waals surface area contributed by atoms with Crippen LogP contribution >= 0.6 is 0 Å². The Morgan fingerprint density at radius 3 is 2.76 bits per heavy atom. The zero-order valence-corrected chi connectivity index (χ0v) is 11.7. The molecule has 6 heteroatoms. The van der Waals surface area contributed by atoms with Crippen LogP contribution in [0.15, 0.2) is 34.7 Å². The Morgan fingerprint density at radius 1 is 1.33 bits per heavy atom. The van der Waals surface area contributed by atoms with E-state index in [0.29, 0.717) is 5.76 Å². The molecule has 0 spiro atoms. The van der Waals surface area contributed by atoms with E-state index in [4.69, 9.17) is 4.42 Å². The number of halogens is 2. The molecule has 21 heavy (non-hydrogen) atoms. The van der Waals surface area contributed by atoms with Crippen LogP contribution in [-0.4, -0.2) is 20.1 Å². The summed E-state index contributed by atoms with van der Waals surface area (Å²) in [5.41, 5.74) is 0.227. The lowest BCUT2D eigenvalue weighted by Gasteiger charge is -2.14. The minimum absolute atomic E-state index is 0.0625. The number of hydrogen-bond acceptors (Lipinski definition) is 4. The fourth-order valence-corrected chi connectivity index (χ4v) is 2.02. The zero-order valence-electron chi connectivity index (χ0n) is 11.7. The van der Waals surface area contributed by atoms with Gasteiger partial charge in [-0.25, -0.2) is 13.6 Å². The highest BCUT2D eigenvalue weighted by atomic mass is 19.2. The number of likely N-dealkylation sites (N-methyl/N-ethyl adjacent to an activating group) is 1. The Hall–Kier alpha value is -2.21. The molecule has 0 aliphatic carbocycles. The first-order chi connectivity index (χ1) is 10.1. The van der Waals surface area contributed by atoms with Gasteiger partial charge in [-0.15, -0.1) is 0 Å². The first kappa shape index (κ1) is 15.2. The molecule has 0 saturated heterocycles. The summed E-state index contributed by atoms with van der Waals surface area (Å²) in [4.78, 5) is 11.3. The highest BCUT2D eigenvalue weighted by Gasteiger charge is 2.20. The lowest BCUT2D eigenvalue weighted by molar-refractivity contribution is 0.0562. The fraction of sp³-hybridized carbons (Fsp3) is 0.267. The first-order valence-corrected chi connectivity index (χ1v) is 6.35. The summed E-state index contributed by atoms with van der Waals surface area (Å²) in [7, 11) is 2.92. The van der Waals surface area contributed by atoms with Gasteiger partial charge in [0.05, 0.1) is 13.2 Å². The number of methoxy groups -OCH3 is 1. The summed E-state index contributed by atoms with van der Waals surface area (Å²) in [6.07, 6.45) is 0.189. The third-order valence-corrected chi connectivity index (χ3v) is 3.16. The quantitative estimate of drug-likeness (QED) is 0.862. The van der Waals surface area contributed by atoms with Gasteiger partial charge in [0.25, 0.3) is 0 Å². The molecule has 1 aromatic carbocycles. The predicted octanol–water partition coefficient (Wildman–Crippen LogP) is 2.85. The van der Waals surface area contributed by atoms with Crippen molar-refractivity contribution in [3.63, 3.8) is 0 Å². The third kappa shape index (κ3) is 3.28. The average molecular weight is 295 g/mol. The molecule has 112 valence electrons. The maximum atomic E-state index is 13.7. The summed E-state index contributed by atoms with van der Waals surface area (Å²) < 4.78 is 36.8. The molecule has 0 amide bonds. The molecule has 0 radical (unpaired) electrons. The number of rotatable bonds is 5. The maximum absolute atomic E-state index is 13.7. The van der Waals surface area contributed by atoms with Gasteiger partial charge in [0, 0.05) is 0 Å². The van der Waals surface area contributed by atoms with Crippen LogP contribution in [0.4, 0.5) is 8.78 Å². The number of esters is 1. The van der Waals surface area contributed by atoms with Crippen molar-refractivity contribution < 1.29 is 22.7 Å². The van der Waals surface area contributed by atoms with Crippen molar-refractivity contribution in [3.05, 3.63) is 59.1 Å². The van der Waals surface area contributed by atoms with Crippen molar-refractivity contribution in [3.8, 4) is 0 Å². The van der Waals surface area contributed by atoms with Gasteiger partial charge in [-0.3, -0.25) is 0 Å². The van der Waals surface area contributed by atoms with Gasteiger partial charge in [0.1, 0.15) is 5.76 Å². The lowest BCUT2D eigenvalue weighted by atomic mass is 10.0.